The van der Waals surface area contributed by atoms with Gasteiger partial charge in [-0.25, -0.2) is 0 Å². The van der Waals surface area contributed by atoms with E-state index in [0.29, 0.717) is 18.0 Å². The fourth-order valence-corrected chi connectivity index (χ4v) is 2.36. The normalized spacial score (nSPS) is 14.4. The predicted molar refractivity (Wildman–Crippen MR) is 74.6 cm³/mol. The molecule has 1 aliphatic rings. The van der Waals surface area contributed by atoms with Gasteiger partial charge in [-0.3, -0.25) is 9.59 Å². The number of carboxylic acids is 1. The summed E-state index contributed by atoms with van der Waals surface area (Å²) >= 11 is 0. The Labute approximate surface area is 116 Å². The van der Waals surface area contributed by atoms with Gasteiger partial charge in [0.05, 0.1) is 0 Å². The van der Waals surface area contributed by atoms with Crippen LogP contribution in [-0.4, -0.2) is 40.0 Å². The number of carbonyl (C=O) groups is 2. The molecule has 20 heavy (non-hydrogen) atoms. The lowest BCUT2D eigenvalue weighted by Crippen LogP contribution is -2.37. The summed E-state index contributed by atoms with van der Waals surface area (Å²) in [6, 6.07) is 7.33. The third kappa shape index (κ3) is 2.66. The van der Waals surface area contributed by atoms with Crippen molar-refractivity contribution in [3.63, 3.8) is 0 Å². The highest BCUT2D eigenvalue weighted by Crippen LogP contribution is 2.30. The van der Waals surface area contributed by atoms with Crippen molar-refractivity contribution in [1.82, 2.24) is 9.88 Å². The first-order valence-corrected chi connectivity index (χ1v) is 6.71. The topological polar surface area (TPSA) is 73.4 Å². The van der Waals surface area contributed by atoms with E-state index in [1.807, 2.05) is 18.3 Å². The van der Waals surface area contributed by atoms with Crippen LogP contribution in [0.3, 0.4) is 0 Å². The van der Waals surface area contributed by atoms with Gasteiger partial charge >= 0.3 is 5.97 Å². The van der Waals surface area contributed by atoms with Crippen molar-refractivity contribution >= 4 is 22.8 Å². The molecule has 0 radical (unpaired) electrons. The van der Waals surface area contributed by atoms with Crippen LogP contribution in [0.15, 0.2) is 30.5 Å². The summed E-state index contributed by atoms with van der Waals surface area (Å²) in [5.41, 5.74) is 1.42. The molecule has 1 aromatic heterocycles. The second-order valence-electron chi connectivity index (χ2n) is 5.30. The standard InChI is InChI=1S/C15H16N2O3/c18-14(19)9-17(8-10-1-2-10)15(20)12-4-3-11-5-6-16-13(11)7-12/h3-7,10,16H,1-2,8-9H2,(H,18,19). The predicted octanol–water partition coefficient (Wildman–Crippen LogP) is 2.10. The van der Waals surface area contributed by atoms with Crippen LogP contribution in [-0.2, 0) is 4.79 Å². The number of aliphatic carboxylic acids is 1. The maximum atomic E-state index is 12.5. The minimum Gasteiger partial charge on any atom is -0.480 e. The Morgan fingerprint density at radius 2 is 2.10 bits per heavy atom. The number of amides is 1. The molecule has 0 saturated heterocycles. The van der Waals surface area contributed by atoms with Gasteiger partial charge in [0.1, 0.15) is 6.54 Å². The molecule has 104 valence electrons. The van der Waals surface area contributed by atoms with Crippen molar-refractivity contribution in [2.75, 3.05) is 13.1 Å². The molecule has 0 spiro atoms. The highest BCUT2D eigenvalue weighted by molar-refractivity contribution is 5.99. The Kier molecular flexibility index (Phi) is 3.18. The van der Waals surface area contributed by atoms with Gasteiger partial charge in [0, 0.05) is 23.8 Å². The number of nitrogens with zero attached hydrogens (tertiary/aromatic N) is 1. The van der Waals surface area contributed by atoms with Gasteiger partial charge in [-0.15, -0.1) is 0 Å². The van der Waals surface area contributed by atoms with Crippen LogP contribution in [0.1, 0.15) is 23.2 Å². The molecule has 2 N–H and O–H groups in total. The van der Waals surface area contributed by atoms with Crippen molar-refractivity contribution in [2.45, 2.75) is 12.8 Å². The first-order chi connectivity index (χ1) is 9.63. The molecule has 5 heteroatoms. The van der Waals surface area contributed by atoms with Crippen LogP contribution in [0, 0.1) is 5.92 Å². The third-order valence-electron chi connectivity index (χ3n) is 3.59. The van der Waals surface area contributed by atoms with Crippen molar-refractivity contribution in [3.8, 4) is 0 Å². The molecule has 3 rings (SSSR count). The summed E-state index contributed by atoms with van der Waals surface area (Å²) in [5, 5.41) is 9.99. The monoisotopic (exact) mass is 272 g/mol. The number of benzene rings is 1. The number of fused-ring (bicyclic) bond motifs is 1. The minimum atomic E-state index is -0.972. The lowest BCUT2D eigenvalue weighted by molar-refractivity contribution is -0.137. The number of aromatic amines is 1. The van der Waals surface area contributed by atoms with Crippen molar-refractivity contribution in [3.05, 3.63) is 36.0 Å². The molecule has 1 saturated carbocycles. The Bertz CT molecular complexity index is 658. The van der Waals surface area contributed by atoms with E-state index >= 15 is 0 Å². The first kappa shape index (κ1) is 12.7. The first-order valence-electron chi connectivity index (χ1n) is 6.71. The highest BCUT2D eigenvalue weighted by atomic mass is 16.4. The number of hydrogen-bond donors (Lipinski definition) is 2. The molecule has 0 unspecified atom stereocenters. The maximum Gasteiger partial charge on any atom is 0.323 e. The second kappa shape index (κ2) is 5.00. The fraction of sp³-hybridized carbons (Fsp3) is 0.333. The van der Waals surface area contributed by atoms with Gasteiger partial charge in [-0.05, 0) is 42.3 Å². The molecule has 0 atom stereocenters. The van der Waals surface area contributed by atoms with Crippen LogP contribution in [0.2, 0.25) is 0 Å². The lowest BCUT2D eigenvalue weighted by atomic mass is 10.1. The van der Waals surface area contributed by atoms with Gasteiger partial charge < -0.3 is 15.0 Å². The minimum absolute atomic E-state index is 0.212. The van der Waals surface area contributed by atoms with Gasteiger partial charge in [0.2, 0.25) is 0 Å². The quantitative estimate of drug-likeness (QED) is 0.875. The summed E-state index contributed by atoms with van der Waals surface area (Å²) in [4.78, 5) is 27.9. The van der Waals surface area contributed by atoms with E-state index in [4.69, 9.17) is 5.11 Å². The van der Waals surface area contributed by atoms with Crippen LogP contribution in [0.5, 0.6) is 0 Å². The van der Waals surface area contributed by atoms with Crippen molar-refractivity contribution < 1.29 is 14.7 Å². The van der Waals surface area contributed by atoms with Gasteiger partial charge in [-0.2, -0.15) is 0 Å². The summed E-state index contributed by atoms with van der Waals surface area (Å²) in [7, 11) is 0. The van der Waals surface area contributed by atoms with Gasteiger partial charge in [-0.1, -0.05) is 6.07 Å². The van der Waals surface area contributed by atoms with E-state index < -0.39 is 5.97 Å². The Hall–Kier alpha value is -2.30. The average molecular weight is 272 g/mol. The molecule has 1 aromatic carbocycles. The van der Waals surface area contributed by atoms with Crippen LogP contribution in [0.4, 0.5) is 0 Å². The molecule has 5 nitrogen and oxygen atoms in total. The number of rotatable bonds is 5. The molecule has 2 aromatic rings. The molecule has 1 fully saturated rings. The van der Waals surface area contributed by atoms with E-state index in [1.54, 1.807) is 12.1 Å². The number of hydrogen-bond acceptors (Lipinski definition) is 2. The summed E-state index contributed by atoms with van der Waals surface area (Å²) in [6.07, 6.45) is 3.98. The Balaban J connectivity index is 1.84. The number of carbonyl (C=O) groups excluding carboxylic acids is 1. The average Bonchev–Trinajstić information content (AvgIpc) is 3.11. The molecular formula is C15H16N2O3. The molecule has 0 bridgehead atoms. The summed E-state index contributed by atoms with van der Waals surface area (Å²) in [6.45, 7) is 0.298. The molecule has 1 heterocycles. The maximum absolute atomic E-state index is 12.5. The Morgan fingerprint density at radius 3 is 2.80 bits per heavy atom. The Morgan fingerprint density at radius 1 is 1.30 bits per heavy atom. The third-order valence-corrected chi connectivity index (χ3v) is 3.59. The number of aromatic nitrogens is 1. The molecular weight excluding hydrogens is 256 g/mol. The van der Waals surface area contributed by atoms with E-state index in [1.165, 1.54) is 4.90 Å². The van der Waals surface area contributed by atoms with Crippen molar-refractivity contribution in [2.24, 2.45) is 5.92 Å². The SMILES string of the molecule is O=C(O)CN(CC1CC1)C(=O)c1ccc2cc[nH]c2c1. The smallest absolute Gasteiger partial charge is 0.323 e. The second-order valence-corrected chi connectivity index (χ2v) is 5.30. The van der Waals surface area contributed by atoms with E-state index in [2.05, 4.69) is 4.98 Å². The highest BCUT2D eigenvalue weighted by Gasteiger charge is 2.28. The van der Waals surface area contributed by atoms with Gasteiger partial charge in [0.15, 0.2) is 0 Å². The summed E-state index contributed by atoms with van der Waals surface area (Å²) in [5.74, 6) is -0.719. The van der Waals surface area contributed by atoms with E-state index in [0.717, 1.165) is 23.7 Å². The van der Waals surface area contributed by atoms with Crippen molar-refractivity contribution in [1.29, 1.82) is 0 Å². The number of nitrogens with one attached hydrogen (secondary N) is 1. The fourth-order valence-electron chi connectivity index (χ4n) is 2.36. The van der Waals surface area contributed by atoms with E-state index in [-0.39, 0.29) is 12.5 Å². The zero-order chi connectivity index (χ0) is 14.1. The molecule has 1 amide bonds. The number of carboxylic acid groups (broad SMARTS) is 1. The van der Waals surface area contributed by atoms with Gasteiger partial charge in [0.25, 0.3) is 5.91 Å². The summed E-state index contributed by atoms with van der Waals surface area (Å²) < 4.78 is 0. The van der Waals surface area contributed by atoms with Crippen LogP contribution >= 0.6 is 0 Å². The molecule has 1 aliphatic carbocycles. The lowest BCUT2D eigenvalue weighted by Gasteiger charge is -2.20. The van der Waals surface area contributed by atoms with Crippen LogP contribution < -0.4 is 0 Å². The molecule has 0 aliphatic heterocycles. The van der Waals surface area contributed by atoms with Crippen LogP contribution in [0.25, 0.3) is 10.9 Å². The largest absolute Gasteiger partial charge is 0.480 e. The zero-order valence-corrected chi connectivity index (χ0v) is 11.0. The zero-order valence-electron chi connectivity index (χ0n) is 11.0. The number of H-pyrrole nitrogens is 1. The van der Waals surface area contributed by atoms with E-state index in [9.17, 15) is 9.59 Å².